The second-order valence-corrected chi connectivity index (χ2v) is 5.11. The number of carbonyl (C=O) groups excluding carboxylic acids is 1. The van der Waals surface area contributed by atoms with Gasteiger partial charge in [-0.15, -0.1) is 0 Å². The fourth-order valence-electron chi connectivity index (χ4n) is 2.54. The maximum Gasteiger partial charge on any atom is 0.167 e. The number of nitrogens with zero attached hydrogens (tertiary/aromatic N) is 1. The van der Waals surface area contributed by atoms with Gasteiger partial charge < -0.3 is 10.2 Å². The van der Waals surface area contributed by atoms with Crippen molar-refractivity contribution in [2.75, 3.05) is 6.54 Å². The van der Waals surface area contributed by atoms with Gasteiger partial charge in [0.15, 0.2) is 5.78 Å². The van der Waals surface area contributed by atoms with Crippen LogP contribution in [0.3, 0.4) is 0 Å². The van der Waals surface area contributed by atoms with E-state index >= 15 is 0 Å². The molecule has 0 saturated carbocycles. The maximum absolute atomic E-state index is 12.5. The number of hydrogen-bond acceptors (Lipinski definition) is 4. The van der Waals surface area contributed by atoms with Crippen molar-refractivity contribution in [3.8, 4) is 11.5 Å². The molecule has 0 unspecified atom stereocenters. The first-order chi connectivity index (χ1) is 10.1. The molecule has 0 bridgehead atoms. The Balaban J connectivity index is 2.06. The molecule has 0 radical (unpaired) electrons. The lowest BCUT2D eigenvalue weighted by Gasteiger charge is -2.12. The van der Waals surface area contributed by atoms with Crippen molar-refractivity contribution >= 4 is 12.0 Å². The summed E-state index contributed by atoms with van der Waals surface area (Å²) < 4.78 is 0. The van der Waals surface area contributed by atoms with Gasteiger partial charge in [-0.1, -0.05) is 6.07 Å². The Morgan fingerprint density at radius 2 is 1.71 bits per heavy atom. The molecule has 1 aliphatic heterocycles. The minimum Gasteiger partial charge on any atom is -0.508 e. The third-order valence-electron chi connectivity index (χ3n) is 3.61. The van der Waals surface area contributed by atoms with E-state index in [0.717, 1.165) is 16.7 Å². The summed E-state index contributed by atoms with van der Waals surface area (Å²) in [6.07, 6.45) is 2.54. The fraction of sp³-hybridized carbons (Fsp3) is 0.176. The third-order valence-corrected chi connectivity index (χ3v) is 3.61. The molecule has 3 rings (SSSR count). The molecule has 0 fully saturated rings. The van der Waals surface area contributed by atoms with Crippen molar-refractivity contribution in [1.82, 2.24) is 0 Å². The van der Waals surface area contributed by atoms with Crippen molar-refractivity contribution in [3.05, 3.63) is 58.7 Å². The first kappa shape index (κ1) is 13.4. The Morgan fingerprint density at radius 3 is 2.57 bits per heavy atom. The van der Waals surface area contributed by atoms with Crippen LogP contribution < -0.4 is 0 Å². The van der Waals surface area contributed by atoms with Crippen LogP contribution in [-0.4, -0.2) is 28.8 Å². The van der Waals surface area contributed by atoms with Gasteiger partial charge in [-0.25, -0.2) is 0 Å². The van der Waals surface area contributed by atoms with Gasteiger partial charge in [0.1, 0.15) is 11.5 Å². The maximum atomic E-state index is 12.5. The number of phenols is 2. The number of phenolic OH excluding ortho intramolecular Hbond substituents is 2. The average molecular weight is 281 g/mol. The highest BCUT2D eigenvalue weighted by molar-refractivity contribution is 6.00. The number of hydrogen-bond donors (Lipinski definition) is 2. The summed E-state index contributed by atoms with van der Waals surface area (Å²) in [5, 5.41) is 19.1. The monoisotopic (exact) mass is 281 g/mol. The minimum absolute atomic E-state index is 0.00670. The van der Waals surface area contributed by atoms with Gasteiger partial charge in [0.25, 0.3) is 0 Å². The summed E-state index contributed by atoms with van der Waals surface area (Å²) >= 11 is 0. The van der Waals surface area contributed by atoms with Crippen LogP contribution in [0.4, 0.5) is 0 Å². The molecule has 2 N–H and O–H groups in total. The lowest BCUT2D eigenvalue weighted by atomic mass is 9.94. The van der Waals surface area contributed by atoms with Gasteiger partial charge in [-0.2, -0.15) is 0 Å². The number of aromatic hydroxyl groups is 2. The van der Waals surface area contributed by atoms with Crippen LogP contribution in [0, 0.1) is 0 Å². The first-order valence-electron chi connectivity index (χ1n) is 6.80. The molecule has 1 heterocycles. The second kappa shape index (κ2) is 5.40. The number of aliphatic imine (C=N–C) groups is 1. The molecule has 106 valence electrons. The summed E-state index contributed by atoms with van der Waals surface area (Å²) in [6.45, 7) is 0.527. The summed E-state index contributed by atoms with van der Waals surface area (Å²) in [7, 11) is 0. The van der Waals surface area contributed by atoms with E-state index in [4.69, 9.17) is 0 Å². The second-order valence-electron chi connectivity index (χ2n) is 5.11. The zero-order valence-corrected chi connectivity index (χ0v) is 11.4. The van der Waals surface area contributed by atoms with E-state index in [-0.39, 0.29) is 23.7 Å². The Kier molecular flexibility index (Phi) is 3.44. The smallest absolute Gasteiger partial charge is 0.167 e. The number of fused-ring (bicyclic) bond motifs is 2. The molecule has 2 aromatic carbocycles. The van der Waals surface area contributed by atoms with Crippen LogP contribution in [-0.2, 0) is 12.8 Å². The van der Waals surface area contributed by atoms with E-state index in [1.807, 2.05) is 0 Å². The van der Waals surface area contributed by atoms with Gasteiger partial charge in [-0.05, 0) is 53.4 Å². The van der Waals surface area contributed by atoms with E-state index in [1.54, 1.807) is 36.5 Å². The molecular weight excluding hydrogens is 266 g/mol. The van der Waals surface area contributed by atoms with Gasteiger partial charge in [-0.3, -0.25) is 9.79 Å². The fourth-order valence-corrected chi connectivity index (χ4v) is 2.54. The van der Waals surface area contributed by atoms with E-state index in [0.29, 0.717) is 18.5 Å². The lowest BCUT2D eigenvalue weighted by molar-refractivity contribution is 0.0992. The van der Waals surface area contributed by atoms with Crippen molar-refractivity contribution in [1.29, 1.82) is 0 Å². The van der Waals surface area contributed by atoms with Crippen LogP contribution in [0.2, 0.25) is 0 Å². The molecule has 4 nitrogen and oxygen atoms in total. The quantitative estimate of drug-likeness (QED) is 0.779. The summed E-state index contributed by atoms with van der Waals surface area (Å²) in [5.41, 5.74) is 3.05. The number of rotatable bonds is 0. The summed E-state index contributed by atoms with van der Waals surface area (Å²) in [5.74, 6) is 0.329. The molecule has 0 amide bonds. The Hall–Kier alpha value is -2.62. The Labute approximate surface area is 122 Å². The average Bonchev–Trinajstić information content (AvgIpc) is 2.45. The molecule has 0 aliphatic carbocycles. The van der Waals surface area contributed by atoms with Crippen molar-refractivity contribution in [2.24, 2.45) is 4.99 Å². The molecular formula is C17H15NO3. The van der Waals surface area contributed by atoms with Gasteiger partial charge in [0, 0.05) is 24.7 Å². The van der Waals surface area contributed by atoms with E-state index in [9.17, 15) is 15.0 Å². The zero-order chi connectivity index (χ0) is 14.8. The number of Topliss-reactive ketones (excluding diaryl/α,β-unsaturated/α-hetero) is 1. The number of carbonyl (C=O) groups is 1. The van der Waals surface area contributed by atoms with Crippen LogP contribution in [0.25, 0.3) is 0 Å². The van der Waals surface area contributed by atoms with Gasteiger partial charge in [0.2, 0.25) is 0 Å². The van der Waals surface area contributed by atoms with Crippen molar-refractivity contribution in [3.63, 3.8) is 0 Å². The van der Waals surface area contributed by atoms with Crippen LogP contribution >= 0.6 is 0 Å². The van der Waals surface area contributed by atoms with E-state index < -0.39 is 0 Å². The molecule has 21 heavy (non-hydrogen) atoms. The normalized spacial score (nSPS) is 14.4. The highest BCUT2D eigenvalue weighted by Gasteiger charge is 2.15. The SMILES string of the molecule is O=C1Cc2ccc(O)cc2C=NCCc2cc(O)ccc21. The van der Waals surface area contributed by atoms with E-state index in [1.165, 1.54) is 6.07 Å². The molecule has 2 aromatic rings. The zero-order valence-electron chi connectivity index (χ0n) is 11.4. The Bertz CT molecular complexity index is 735. The minimum atomic E-state index is 0.00670. The molecule has 1 aliphatic rings. The van der Waals surface area contributed by atoms with Crippen molar-refractivity contribution in [2.45, 2.75) is 12.8 Å². The molecule has 0 aromatic heterocycles. The predicted octanol–water partition coefficient (Wildman–Crippen LogP) is 2.50. The summed E-state index contributed by atoms with van der Waals surface area (Å²) in [6, 6.07) is 9.76. The first-order valence-corrected chi connectivity index (χ1v) is 6.80. The van der Waals surface area contributed by atoms with Crippen LogP contribution in [0.1, 0.15) is 27.0 Å². The molecule has 0 saturated heterocycles. The lowest BCUT2D eigenvalue weighted by Crippen LogP contribution is -2.11. The third kappa shape index (κ3) is 2.79. The number of ketones is 1. The van der Waals surface area contributed by atoms with Gasteiger partial charge in [0.05, 0.1) is 0 Å². The summed E-state index contributed by atoms with van der Waals surface area (Å²) in [4.78, 5) is 16.8. The molecule has 0 atom stereocenters. The highest BCUT2D eigenvalue weighted by Crippen LogP contribution is 2.22. The van der Waals surface area contributed by atoms with Gasteiger partial charge >= 0.3 is 0 Å². The van der Waals surface area contributed by atoms with Crippen molar-refractivity contribution < 1.29 is 15.0 Å². The van der Waals surface area contributed by atoms with Crippen LogP contribution in [0.5, 0.6) is 11.5 Å². The van der Waals surface area contributed by atoms with E-state index in [2.05, 4.69) is 4.99 Å². The Morgan fingerprint density at radius 1 is 0.952 bits per heavy atom. The standard InChI is InChI=1S/C17H15NO3/c19-14-2-1-11-9-17(21)16-4-3-15(20)7-12(16)5-6-18-10-13(11)8-14/h1-4,7-8,10,19-20H,5-6,9H2. The largest absolute Gasteiger partial charge is 0.508 e. The number of benzene rings is 2. The molecule has 4 heteroatoms. The van der Waals surface area contributed by atoms with Crippen LogP contribution in [0.15, 0.2) is 41.4 Å². The predicted molar refractivity (Wildman–Crippen MR) is 80.4 cm³/mol. The topological polar surface area (TPSA) is 69.9 Å². The molecule has 0 spiro atoms. The highest BCUT2D eigenvalue weighted by atomic mass is 16.3.